The molecule has 0 unspecified atom stereocenters. The van der Waals surface area contributed by atoms with Crippen molar-refractivity contribution in [2.24, 2.45) is 0 Å². The summed E-state index contributed by atoms with van der Waals surface area (Å²) < 4.78 is 0. The molecule has 1 aliphatic rings. The van der Waals surface area contributed by atoms with E-state index in [0.717, 1.165) is 41.3 Å². The Bertz CT molecular complexity index is 845. The van der Waals surface area contributed by atoms with Crippen molar-refractivity contribution in [2.75, 3.05) is 31.5 Å². The van der Waals surface area contributed by atoms with Crippen molar-refractivity contribution in [3.05, 3.63) is 60.9 Å². The van der Waals surface area contributed by atoms with E-state index in [0.29, 0.717) is 0 Å². The van der Waals surface area contributed by atoms with Gasteiger partial charge in [0.2, 0.25) is 0 Å². The molecule has 1 aromatic carbocycles. The standard InChI is InChI=1S/C22H25N5/c1-3-7-19(8-4-1)22-20(18-9-11-23-12-10-18)17-21(25-26-22)24-13-16-27-14-5-2-6-15-27/h1,3-4,7-12,17H,2,5-6,13-16H2,(H,24,25). The molecule has 5 nitrogen and oxygen atoms in total. The van der Waals surface area contributed by atoms with Crippen LogP contribution >= 0.6 is 0 Å². The van der Waals surface area contributed by atoms with E-state index in [2.05, 4.69) is 43.6 Å². The molecule has 138 valence electrons. The number of piperidine rings is 1. The van der Waals surface area contributed by atoms with Gasteiger partial charge in [-0.25, -0.2) is 0 Å². The molecule has 1 aliphatic heterocycles. The summed E-state index contributed by atoms with van der Waals surface area (Å²) in [4.78, 5) is 6.66. The monoisotopic (exact) mass is 359 g/mol. The molecule has 27 heavy (non-hydrogen) atoms. The molecule has 4 rings (SSSR count). The van der Waals surface area contributed by atoms with Crippen LogP contribution < -0.4 is 5.32 Å². The Morgan fingerprint density at radius 2 is 1.63 bits per heavy atom. The number of anilines is 1. The Kier molecular flexibility index (Phi) is 5.70. The zero-order valence-electron chi connectivity index (χ0n) is 15.5. The number of benzene rings is 1. The number of aromatic nitrogens is 3. The Balaban J connectivity index is 1.55. The zero-order valence-corrected chi connectivity index (χ0v) is 15.5. The van der Waals surface area contributed by atoms with Gasteiger partial charge in [0.1, 0.15) is 11.5 Å². The number of hydrogen-bond acceptors (Lipinski definition) is 5. The first kappa shape index (κ1) is 17.6. The van der Waals surface area contributed by atoms with Crippen LogP contribution in [0, 0.1) is 0 Å². The van der Waals surface area contributed by atoms with E-state index in [-0.39, 0.29) is 0 Å². The molecule has 0 atom stereocenters. The number of likely N-dealkylation sites (tertiary alicyclic amines) is 1. The first-order chi connectivity index (χ1) is 13.4. The van der Waals surface area contributed by atoms with Crippen molar-refractivity contribution in [1.29, 1.82) is 0 Å². The minimum Gasteiger partial charge on any atom is -0.367 e. The zero-order chi connectivity index (χ0) is 18.3. The summed E-state index contributed by atoms with van der Waals surface area (Å²) in [6, 6.07) is 16.3. The third kappa shape index (κ3) is 4.49. The highest BCUT2D eigenvalue weighted by Crippen LogP contribution is 2.30. The van der Waals surface area contributed by atoms with E-state index in [1.165, 1.54) is 32.4 Å². The smallest absolute Gasteiger partial charge is 0.149 e. The first-order valence-corrected chi connectivity index (χ1v) is 9.70. The molecule has 3 heterocycles. The summed E-state index contributed by atoms with van der Waals surface area (Å²) in [5.74, 6) is 0.818. The maximum absolute atomic E-state index is 4.54. The molecule has 0 saturated carbocycles. The third-order valence-corrected chi connectivity index (χ3v) is 5.02. The van der Waals surface area contributed by atoms with Gasteiger partial charge in [0.25, 0.3) is 0 Å². The molecule has 0 bridgehead atoms. The number of hydrogen-bond donors (Lipinski definition) is 1. The fourth-order valence-corrected chi connectivity index (χ4v) is 3.56. The van der Waals surface area contributed by atoms with Gasteiger partial charge in [-0.2, -0.15) is 0 Å². The lowest BCUT2D eigenvalue weighted by atomic mass is 10.0. The normalized spacial score (nSPS) is 14.8. The van der Waals surface area contributed by atoms with E-state index in [4.69, 9.17) is 0 Å². The highest BCUT2D eigenvalue weighted by molar-refractivity contribution is 5.81. The van der Waals surface area contributed by atoms with E-state index in [1.54, 1.807) is 0 Å². The maximum atomic E-state index is 4.54. The summed E-state index contributed by atoms with van der Waals surface area (Å²) in [6.07, 6.45) is 7.63. The SMILES string of the molecule is c1ccc(-c2nnc(NCCN3CCCCC3)cc2-c2ccncc2)cc1. The average Bonchev–Trinajstić information content (AvgIpc) is 2.76. The molecular formula is C22H25N5. The van der Waals surface area contributed by atoms with Crippen LogP contribution in [0.5, 0.6) is 0 Å². The molecule has 1 fully saturated rings. The van der Waals surface area contributed by atoms with Gasteiger partial charge in [-0.1, -0.05) is 36.8 Å². The Labute approximate surface area is 160 Å². The van der Waals surface area contributed by atoms with Crippen molar-refractivity contribution < 1.29 is 0 Å². The number of pyridine rings is 1. The predicted molar refractivity (Wildman–Crippen MR) is 109 cm³/mol. The molecule has 0 amide bonds. The summed E-state index contributed by atoms with van der Waals surface area (Å²) >= 11 is 0. The highest BCUT2D eigenvalue weighted by Gasteiger charge is 2.13. The summed E-state index contributed by atoms with van der Waals surface area (Å²) in [6.45, 7) is 4.35. The maximum Gasteiger partial charge on any atom is 0.149 e. The van der Waals surface area contributed by atoms with Crippen LogP contribution in [0.2, 0.25) is 0 Å². The third-order valence-electron chi connectivity index (χ3n) is 5.02. The second kappa shape index (κ2) is 8.73. The van der Waals surface area contributed by atoms with Crippen LogP contribution in [0.1, 0.15) is 19.3 Å². The Morgan fingerprint density at radius 1 is 0.852 bits per heavy atom. The molecule has 0 radical (unpaired) electrons. The van der Waals surface area contributed by atoms with Crippen LogP contribution in [0.25, 0.3) is 22.4 Å². The van der Waals surface area contributed by atoms with Crippen molar-refractivity contribution in [2.45, 2.75) is 19.3 Å². The van der Waals surface area contributed by atoms with Gasteiger partial charge in [0.15, 0.2) is 0 Å². The Morgan fingerprint density at radius 3 is 2.41 bits per heavy atom. The number of nitrogens with zero attached hydrogens (tertiary/aromatic N) is 4. The van der Waals surface area contributed by atoms with Crippen molar-refractivity contribution in [3.63, 3.8) is 0 Å². The minimum absolute atomic E-state index is 0.818. The van der Waals surface area contributed by atoms with E-state index in [1.807, 2.05) is 42.7 Å². The van der Waals surface area contributed by atoms with Gasteiger partial charge in [-0.05, 0) is 49.7 Å². The van der Waals surface area contributed by atoms with Gasteiger partial charge < -0.3 is 10.2 Å². The number of nitrogens with one attached hydrogen (secondary N) is 1. The quantitative estimate of drug-likeness (QED) is 0.718. The predicted octanol–water partition coefficient (Wildman–Crippen LogP) is 4.10. The van der Waals surface area contributed by atoms with Gasteiger partial charge >= 0.3 is 0 Å². The van der Waals surface area contributed by atoms with Crippen LogP contribution in [0.15, 0.2) is 60.9 Å². The second-order valence-corrected chi connectivity index (χ2v) is 6.92. The molecule has 0 spiro atoms. The molecule has 3 aromatic rings. The van der Waals surface area contributed by atoms with Crippen LogP contribution in [0.4, 0.5) is 5.82 Å². The van der Waals surface area contributed by atoms with Crippen molar-refractivity contribution >= 4 is 5.82 Å². The molecule has 5 heteroatoms. The first-order valence-electron chi connectivity index (χ1n) is 9.70. The second-order valence-electron chi connectivity index (χ2n) is 6.92. The van der Waals surface area contributed by atoms with Crippen molar-refractivity contribution in [3.8, 4) is 22.4 Å². The number of rotatable bonds is 6. The van der Waals surface area contributed by atoms with Crippen LogP contribution in [-0.2, 0) is 0 Å². The van der Waals surface area contributed by atoms with E-state index >= 15 is 0 Å². The average molecular weight is 359 g/mol. The highest BCUT2D eigenvalue weighted by atomic mass is 15.2. The molecule has 1 saturated heterocycles. The van der Waals surface area contributed by atoms with Gasteiger partial charge in [-0.3, -0.25) is 4.98 Å². The summed E-state index contributed by atoms with van der Waals surface area (Å²) in [7, 11) is 0. The van der Waals surface area contributed by atoms with Gasteiger partial charge in [-0.15, -0.1) is 10.2 Å². The lowest BCUT2D eigenvalue weighted by Gasteiger charge is -2.26. The van der Waals surface area contributed by atoms with E-state index < -0.39 is 0 Å². The van der Waals surface area contributed by atoms with Crippen LogP contribution in [-0.4, -0.2) is 46.3 Å². The largest absolute Gasteiger partial charge is 0.367 e. The summed E-state index contributed by atoms with van der Waals surface area (Å²) in [5, 5.41) is 12.4. The lowest BCUT2D eigenvalue weighted by Crippen LogP contribution is -2.33. The fourth-order valence-electron chi connectivity index (χ4n) is 3.56. The van der Waals surface area contributed by atoms with Crippen LogP contribution in [0.3, 0.4) is 0 Å². The molecular weight excluding hydrogens is 334 g/mol. The fraction of sp³-hybridized carbons (Fsp3) is 0.318. The molecule has 1 N–H and O–H groups in total. The Hall–Kier alpha value is -2.79. The van der Waals surface area contributed by atoms with Gasteiger partial charge in [0, 0.05) is 36.6 Å². The van der Waals surface area contributed by atoms with Gasteiger partial charge in [0.05, 0.1) is 0 Å². The topological polar surface area (TPSA) is 53.9 Å². The molecule has 0 aliphatic carbocycles. The van der Waals surface area contributed by atoms with E-state index in [9.17, 15) is 0 Å². The molecule has 2 aromatic heterocycles. The minimum atomic E-state index is 0.818. The summed E-state index contributed by atoms with van der Waals surface area (Å²) in [5.41, 5.74) is 4.12. The van der Waals surface area contributed by atoms with Crippen molar-refractivity contribution in [1.82, 2.24) is 20.1 Å². The lowest BCUT2D eigenvalue weighted by molar-refractivity contribution is 0.237.